The Morgan fingerprint density at radius 1 is 1.31 bits per heavy atom. The second kappa shape index (κ2) is 6.89. The lowest BCUT2D eigenvalue weighted by atomic mass is 10.2. The van der Waals surface area contributed by atoms with Crippen molar-refractivity contribution in [1.82, 2.24) is 9.55 Å². The lowest BCUT2D eigenvalue weighted by Crippen LogP contribution is -2.25. The number of aromatic nitrogens is 2. The number of benzene rings is 1. The van der Waals surface area contributed by atoms with Crippen molar-refractivity contribution in [2.45, 2.75) is 36.6 Å². The van der Waals surface area contributed by atoms with E-state index in [4.69, 9.17) is 4.98 Å². The van der Waals surface area contributed by atoms with Gasteiger partial charge in [-0.25, -0.2) is 4.98 Å². The van der Waals surface area contributed by atoms with E-state index in [-0.39, 0.29) is 16.7 Å². The molecule has 2 aromatic heterocycles. The molecule has 134 valence electrons. The van der Waals surface area contributed by atoms with E-state index in [1.54, 1.807) is 23.0 Å². The molecule has 1 unspecified atom stereocenters. The summed E-state index contributed by atoms with van der Waals surface area (Å²) < 4.78 is 1.57. The highest BCUT2D eigenvalue weighted by Crippen LogP contribution is 2.35. The van der Waals surface area contributed by atoms with Crippen molar-refractivity contribution in [2.24, 2.45) is 7.05 Å². The van der Waals surface area contributed by atoms with Crippen molar-refractivity contribution in [3.05, 3.63) is 51.1 Å². The van der Waals surface area contributed by atoms with Gasteiger partial charge in [0.25, 0.3) is 5.56 Å². The van der Waals surface area contributed by atoms with Crippen LogP contribution in [-0.2, 0) is 24.7 Å². The number of rotatable bonds is 4. The van der Waals surface area contributed by atoms with Crippen LogP contribution in [-0.4, -0.2) is 20.7 Å². The summed E-state index contributed by atoms with van der Waals surface area (Å²) in [4.78, 5) is 32.1. The fraction of sp³-hybridized carbons (Fsp3) is 0.316. The Bertz CT molecular complexity index is 1040. The number of nitrogens with zero attached hydrogens (tertiary/aromatic N) is 2. The predicted molar refractivity (Wildman–Crippen MR) is 107 cm³/mol. The summed E-state index contributed by atoms with van der Waals surface area (Å²) >= 11 is 2.94. The summed E-state index contributed by atoms with van der Waals surface area (Å²) in [5.41, 5.74) is 1.94. The first-order valence-electron chi connectivity index (χ1n) is 8.58. The fourth-order valence-electron chi connectivity index (χ4n) is 3.19. The predicted octanol–water partition coefficient (Wildman–Crippen LogP) is 3.60. The number of nitrogens with one attached hydrogen (secondary N) is 1. The van der Waals surface area contributed by atoms with Gasteiger partial charge >= 0.3 is 0 Å². The van der Waals surface area contributed by atoms with Gasteiger partial charge in [-0.05, 0) is 43.9 Å². The number of anilines is 1. The van der Waals surface area contributed by atoms with Crippen LogP contribution in [0, 0.1) is 0 Å². The van der Waals surface area contributed by atoms with Crippen molar-refractivity contribution in [1.29, 1.82) is 0 Å². The van der Waals surface area contributed by atoms with Gasteiger partial charge in [0.15, 0.2) is 5.16 Å². The van der Waals surface area contributed by atoms with Crippen LogP contribution in [0.15, 0.2) is 40.3 Å². The van der Waals surface area contributed by atoms with E-state index in [0.717, 1.165) is 35.2 Å². The van der Waals surface area contributed by atoms with Crippen molar-refractivity contribution in [3.63, 3.8) is 0 Å². The van der Waals surface area contributed by atoms with E-state index >= 15 is 0 Å². The molecule has 1 aromatic carbocycles. The van der Waals surface area contributed by atoms with Gasteiger partial charge in [-0.1, -0.05) is 30.0 Å². The molecule has 5 nitrogen and oxygen atoms in total. The molecule has 0 saturated heterocycles. The summed E-state index contributed by atoms with van der Waals surface area (Å²) in [6, 6.07) is 9.36. The average Bonchev–Trinajstić information content (AvgIpc) is 3.20. The molecule has 1 atom stereocenters. The minimum atomic E-state index is -0.363. The second-order valence-electron chi connectivity index (χ2n) is 6.41. The molecule has 0 radical (unpaired) electrons. The van der Waals surface area contributed by atoms with Gasteiger partial charge in [-0.15, -0.1) is 11.3 Å². The molecule has 1 aliphatic carbocycles. The number of hydrogen-bond acceptors (Lipinski definition) is 5. The minimum absolute atomic E-state index is 0.00688. The van der Waals surface area contributed by atoms with E-state index in [2.05, 4.69) is 5.32 Å². The minimum Gasteiger partial charge on any atom is -0.325 e. The van der Waals surface area contributed by atoms with E-state index in [0.29, 0.717) is 5.16 Å². The Labute approximate surface area is 159 Å². The number of thiophene rings is 1. The Hall–Kier alpha value is -2.12. The zero-order valence-electron chi connectivity index (χ0n) is 14.6. The molecule has 26 heavy (non-hydrogen) atoms. The topological polar surface area (TPSA) is 64.0 Å². The van der Waals surface area contributed by atoms with Crippen LogP contribution in [0.5, 0.6) is 0 Å². The Balaban J connectivity index is 1.60. The van der Waals surface area contributed by atoms with Crippen LogP contribution in [0.3, 0.4) is 0 Å². The molecule has 4 rings (SSSR count). The van der Waals surface area contributed by atoms with Crippen LogP contribution in [0.2, 0.25) is 0 Å². The van der Waals surface area contributed by atoms with Gasteiger partial charge in [0.1, 0.15) is 4.83 Å². The fourth-order valence-corrected chi connectivity index (χ4v) is 5.36. The third-order valence-electron chi connectivity index (χ3n) is 4.60. The smallest absolute Gasteiger partial charge is 0.262 e. The van der Waals surface area contributed by atoms with Crippen LogP contribution in [0.25, 0.3) is 10.2 Å². The third-order valence-corrected chi connectivity index (χ3v) is 6.93. The highest BCUT2D eigenvalue weighted by molar-refractivity contribution is 8.00. The monoisotopic (exact) mass is 385 g/mol. The molecule has 0 spiro atoms. The molecular formula is C19H19N3O2S2. The first-order valence-corrected chi connectivity index (χ1v) is 10.3. The molecule has 0 saturated carbocycles. The van der Waals surface area contributed by atoms with Gasteiger partial charge in [0.2, 0.25) is 5.91 Å². The van der Waals surface area contributed by atoms with Crippen LogP contribution < -0.4 is 10.9 Å². The summed E-state index contributed by atoms with van der Waals surface area (Å²) in [6.45, 7) is 1.83. The average molecular weight is 386 g/mol. The maximum atomic E-state index is 12.8. The first-order chi connectivity index (χ1) is 12.5. The standard InChI is InChI=1S/C19H19N3O2S2/c1-11(16(23)20-12-7-4-3-5-8-12)25-19-21-17-15(18(24)22(19)2)13-9-6-10-14(13)26-17/h3-5,7-8,11H,6,9-10H2,1-2H3,(H,20,23). The largest absolute Gasteiger partial charge is 0.325 e. The lowest BCUT2D eigenvalue weighted by molar-refractivity contribution is -0.115. The normalized spacial score (nSPS) is 14.4. The van der Waals surface area contributed by atoms with E-state index < -0.39 is 0 Å². The molecule has 1 amide bonds. The number of carbonyl (C=O) groups excluding carboxylic acids is 1. The molecule has 1 aliphatic rings. The highest BCUT2D eigenvalue weighted by atomic mass is 32.2. The maximum Gasteiger partial charge on any atom is 0.262 e. The number of aryl methyl sites for hydroxylation is 2. The third kappa shape index (κ3) is 3.05. The van der Waals surface area contributed by atoms with Crippen molar-refractivity contribution < 1.29 is 4.79 Å². The van der Waals surface area contributed by atoms with Gasteiger partial charge in [0.05, 0.1) is 10.6 Å². The molecule has 0 aliphatic heterocycles. The molecule has 0 fully saturated rings. The van der Waals surface area contributed by atoms with E-state index in [1.165, 1.54) is 22.2 Å². The number of hydrogen-bond donors (Lipinski definition) is 1. The summed E-state index contributed by atoms with van der Waals surface area (Å²) in [5, 5.41) is 3.88. The SMILES string of the molecule is CC(Sc1nc2sc3c(c2c(=O)n1C)CCC3)C(=O)Nc1ccccc1. The van der Waals surface area contributed by atoms with Crippen molar-refractivity contribution >= 4 is 44.9 Å². The molecule has 3 aromatic rings. The van der Waals surface area contributed by atoms with Crippen molar-refractivity contribution in [2.75, 3.05) is 5.32 Å². The summed E-state index contributed by atoms with van der Waals surface area (Å²) in [6.07, 6.45) is 3.12. The molecule has 7 heteroatoms. The Kier molecular flexibility index (Phi) is 4.58. The summed E-state index contributed by atoms with van der Waals surface area (Å²) in [5.74, 6) is -0.107. The molecular weight excluding hydrogens is 366 g/mol. The Morgan fingerprint density at radius 3 is 2.85 bits per heavy atom. The van der Waals surface area contributed by atoms with Crippen molar-refractivity contribution in [3.8, 4) is 0 Å². The zero-order valence-corrected chi connectivity index (χ0v) is 16.2. The number of thioether (sulfide) groups is 1. The van der Waals surface area contributed by atoms with Crippen LogP contribution in [0.4, 0.5) is 5.69 Å². The number of carbonyl (C=O) groups is 1. The Morgan fingerprint density at radius 2 is 2.08 bits per heavy atom. The molecule has 1 N–H and O–H groups in total. The second-order valence-corrected chi connectivity index (χ2v) is 8.80. The van der Waals surface area contributed by atoms with Gasteiger partial charge in [-0.2, -0.15) is 0 Å². The van der Waals surface area contributed by atoms with Gasteiger partial charge in [-0.3, -0.25) is 14.2 Å². The first kappa shape index (κ1) is 17.3. The van der Waals surface area contributed by atoms with E-state index in [9.17, 15) is 9.59 Å². The zero-order chi connectivity index (χ0) is 18.3. The highest BCUT2D eigenvalue weighted by Gasteiger charge is 2.24. The summed E-state index contributed by atoms with van der Waals surface area (Å²) in [7, 11) is 1.73. The van der Waals surface area contributed by atoms with E-state index in [1.807, 2.05) is 37.3 Å². The number of fused-ring (bicyclic) bond motifs is 3. The molecule has 0 bridgehead atoms. The number of para-hydroxylation sites is 1. The molecule has 2 heterocycles. The van der Waals surface area contributed by atoms with Gasteiger partial charge in [0, 0.05) is 17.6 Å². The quantitative estimate of drug-likeness (QED) is 0.550. The number of amides is 1. The lowest BCUT2D eigenvalue weighted by Gasteiger charge is -2.13. The maximum absolute atomic E-state index is 12.8. The van der Waals surface area contributed by atoms with Crippen LogP contribution in [0.1, 0.15) is 23.8 Å². The van der Waals surface area contributed by atoms with Crippen LogP contribution >= 0.6 is 23.1 Å². The van der Waals surface area contributed by atoms with Gasteiger partial charge < -0.3 is 5.32 Å².